The molecule has 0 radical (unpaired) electrons. The molecule has 4 amide bonds. The molecular formula is C65H88ClN11O10S. The van der Waals surface area contributed by atoms with Crippen molar-refractivity contribution in [1.29, 1.82) is 0 Å². The summed E-state index contributed by atoms with van der Waals surface area (Å²) in [5, 5.41) is 20.4. The van der Waals surface area contributed by atoms with Crippen LogP contribution in [0.4, 0.5) is 10.8 Å². The molecule has 0 aliphatic carbocycles. The summed E-state index contributed by atoms with van der Waals surface area (Å²) in [7, 11) is 7.62. The Morgan fingerprint density at radius 3 is 2.11 bits per heavy atom. The molecule has 1 aliphatic heterocycles. The van der Waals surface area contributed by atoms with Gasteiger partial charge in [0.15, 0.2) is 5.13 Å². The third kappa shape index (κ3) is 25.3. The highest BCUT2D eigenvalue weighted by Crippen LogP contribution is 2.29. The van der Waals surface area contributed by atoms with Crippen molar-refractivity contribution in [3.05, 3.63) is 154 Å². The molecule has 0 spiro atoms. The van der Waals surface area contributed by atoms with Crippen molar-refractivity contribution >= 4 is 57.9 Å². The molecule has 3 heterocycles. The number of ether oxygens (including phenoxy) is 6. The van der Waals surface area contributed by atoms with E-state index in [1.807, 2.05) is 79.0 Å². The average Bonchev–Trinajstić information content (AvgIpc) is 4.35. The lowest BCUT2D eigenvalue weighted by Crippen LogP contribution is -2.47. The highest BCUT2D eigenvalue weighted by molar-refractivity contribution is 7.13. The zero-order chi connectivity index (χ0) is 62.7. The lowest BCUT2D eigenvalue weighted by atomic mass is 9.99. The number of halogens is 1. The molecular weight excluding hydrogens is 1160 g/mol. The minimum atomic E-state index is -0.870. The van der Waals surface area contributed by atoms with Crippen LogP contribution in [0.15, 0.2) is 121 Å². The molecule has 476 valence electrons. The first-order valence-electron chi connectivity index (χ1n) is 30.0. The van der Waals surface area contributed by atoms with E-state index in [9.17, 15) is 19.2 Å². The summed E-state index contributed by atoms with van der Waals surface area (Å²) >= 11 is 7.77. The van der Waals surface area contributed by atoms with E-state index in [0.29, 0.717) is 120 Å². The Balaban J connectivity index is 0.000000620. The number of rotatable bonds is 39. The number of nitrogens with zero attached hydrogens (tertiary/aromatic N) is 8. The summed E-state index contributed by atoms with van der Waals surface area (Å²) in [4.78, 5) is 63.1. The minimum absolute atomic E-state index is 0.134. The number of hydrogen-bond acceptors (Lipinski definition) is 17. The summed E-state index contributed by atoms with van der Waals surface area (Å²) in [5.41, 5.74) is 5.01. The molecule has 0 bridgehead atoms. The average molecular weight is 1250 g/mol. The van der Waals surface area contributed by atoms with Gasteiger partial charge in [-0.3, -0.25) is 19.2 Å². The summed E-state index contributed by atoms with van der Waals surface area (Å²) in [6, 6.07) is 28.4. The Bertz CT molecular complexity index is 2960. The number of aryl methyl sites for hydroxylation is 1. The number of piperazine rings is 1. The van der Waals surface area contributed by atoms with E-state index in [-0.39, 0.29) is 30.2 Å². The van der Waals surface area contributed by atoms with E-state index in [4.69, 9.17) is 40.0 Å². The maximum atomic E-state index is 14.1. The molecule has 21 nitrogen and oxygen atoms in total. The smallest absolute Gasteiger partial charge is 0.247 e. The van der Waals surface area contributed by atoms with Crippen molar-refractivity contribution in [2.24, 2.45) is 0 Å². The first-order chi connectivity index (χ1) is 42.8. The van der Waals surface area contributed by atoms with Crippen LogP contribution in [0.1, 0.15) is 66.7 Å². The van der Waals surface area contributed by atoms with Gasteiger partial charge in [-0.15, -0.1) is 23.0 Å². The van der Waals surface area contributed by atoms with Crippen LogP contribution in [-0.4, -0.2) is 190 Å². The van der Waals surface area contributed by atoms with E-state index in [0.717, 1.165) is 91.3 Å². The van der Waals surface area contributed by atoms with Crippen LogP contribution >= 0.6 is 22.9 Å². The molecule has 1 aliphatic rings. The van der Waals surface area contributed by atoms with Gasteiger partial charge in [0, 0.05) is 87.5 Å². The normalized spacial score (nSPS) is 13.0. The molecule has 7 rings (SSSR count). The number of carbonyl (C=O) groups excluding carboxylic acids is 4. The summed E-state index contributed by atoms with van der Waals surface area (Å²) in [6.07, 6.45) is 8.53. The molecule has 0 saturated carbocycles. The van der Waals surface area contributed by atoms with Crippen molar-refractivity contribution in [1.82, 2.24) is 44.9 Å². The molecule has 6 aromatic rings. The molecule has 3 N–H and O–H groups in total. The number of nitrogens with one attached hydrogen (secondary N) is 3. The lowest BCUT2D eigenvalue weighted by molar-refractivity contribution is -0.143. The fraction of sp³-hybridized carbons (Fsp3) is 0.462. The van der Waals surface area contributed by atoms with Crippen molar-refractivity contribution in [2.75, 3.05) is 131 Å². The number of thiazole rings is 1. The van der Waals surface area contributed by atoms with Gasteiger partial charge in [0.25, 0.3) is 0 Å². The monoisotopic (exact) mass is 1250 g/mol. The predicted molar refractivity (Wildman–Crippen MR) is 344 cm³/mol. The quantitative estimate of drug-likeness (QED) is 0.0188. The Kier molecular flexibility index (Phi) is 31.2. The number of unbranched alkanes of at least 4 members (excludes halogenated alkanes) is 1. The summed E-state index contributed by atoms with van der Waals surface area (Å²) < 4.78 is 35.9. The van der Waals surface area contributed by atoms with Crippen LogP contribution in [0.25, 0.3) is 0 Å². The molecule has 2 unspecified atom stereocenters. The zero-order valence-electron chi connectivity index (χ0n) is 51.6. The number of carbonyl (C=O) groups is 4. The van der Waals surface area contributed by atoms with Crippen molar-refractivity contribution < 1.29 is 47.6 Å². The highest BCUT2D eigenvalue weighted by atomic mass is 35.5. The Morgan fingerprint density at radius 1 is 0.773 bits per heavy atom. The highest BCUT2D eigenvalue weighted by Gasteiger charge is 2.34. The van der Waals surface area contributed by atoms with E-state index in [1.54, 1.807) is 71.3 Å². The summed E-state index contributed by atoms with van der Waals surface area (Å²) in [5.74, 6) is 1.99. The Morgan fingerprint density at radius 2 is 1.43 bits per heavy atom. The summed E-state index contributed by atoms with van der Waals surface area (Å²) in [6.45, 7) is 16.2. The second kappa shape index (κ2) is 39.5. The zero-order valence-corrected chi connectivity index (χ0v) is 53.2. The second-order valence-electron chi connectivity index (χ2n) is 21.1. The van der Waals surface area contributed by atoms with Crippen LogP contribution < -0.4 is 30.2 Å². The van der Waals surface area contributed by atoms with Crippen LogP contribution in [-0.2, 0) is 65.7 Å². The maximum Gasteiger partial charge on any atom is 0.247 e. The Labute approximate surface area is 527 Å². The number of methoxy groups -OCH3 is 1. The van der Waals surface area contributed by atoms with Gasteiger partial charge in [-0.1, -0.05) is 59.3 Å². The molecule has 23 heteroatoms. The van der Waals surface area contributed by atoms with Gasteiger partial charge < -0.3 is 64.0 Å². The van der Waals surface area contributed by atoms with E-state index in [1.165, 1.54) is 11.3 Å². The number of hydrogen-bond donors (Lipinski definition) is 3. The van der Waals surface area contributed by atoms with Crippen LogP contribution in [0.2, 0.25) is 5.02 Å². The van der Waals surface area contributed by atoms with Gasteiger partial charge in [0.2, 0.25) is 24.1 Å². The molecule has 1 saturated heterocycles. The topological polar surface area (TPSA) is 216 Å². The van der Waals surface area contributed by atoms with Gasteiger partial charge >= 0.3 is 0 Å². The van der Waals surface area contributed by atoms with Gasteiger partial charge in [-0.2, -0.15) is 0 Å². The minimum Gasteiger partial charge on any atom is -0.497 e. The van der Waals surface area contributed by atoms with Gasteiger partial charge in [0.05, 0.1) is 77.7 Å². The number of benzene rings is 4. The third-order valence-electron chi connectivity index (χ3n) is 14.4. The Hall–Kier alpha value is -7.44. The standard InChI is InChI=1S/C54H70ClN7O9.C11H18N4OS/c1-5-8-42(2)62(53(45-14-16-46(55)17-15-45)54(65)56-39-44-11-20-49(66-4)21-12-44)52(64)26-13-43-9-22-50(23-10-43)70-31-7-6-28-60(3)29-33-68-36-35-67-32-27-48-40-61(59-58-48)30-34-69-37-38-71-51-24-18-47(19-25-51)57-41-63;1-12-11-13-9(8-17-11)7-10(16)15-5-3-14(2)4-6-15/h5,9-12,14-25,40-42,53H,1,6-8,13,26-39H2,2-4H3,(H,56,65)(H,57,63);8H,3-7H2,1-2H3,(H,12,13). The molecule has 2 aromatic heterocycles. The van der Waals surface area contributed by atoms with E-state index in [2.05, 4.69) is 61.7 Å². The number of amides is 4. The first kappa shape index (κ1) is 69.7. The lowest BCUT2D eigenvalue weighted by Gasteiger charge is -2.36. The molecule has 88 heavy (non-hydrogen) atoms. The molecule has 1 fully saturated rings. The number of likely N-dealkylation sites (N-methyl/N-ethyl adjacent to an activating group) is 2. The fourth-order valence-corrected chi connectivity index (χ4v) is 10.1. The van der Waals surface area contributed by atoms with Crippen molar-refractivity contribution in [3.8, 4) is 17.2 Å². The van der Waals surface area contributed by atoms with Crippen LogP contribution in [0.3, 0.4) is 0 Å². The number of anilines is 2. The largest absolute Gasteiger partial charge is 0.497 e. The first-order valence-corrected chi connectivity index (χ1v) is 31.2. The van der Waals surface area contributed by atoms with Crippen molar-refractivity contribution in [2.45, 2.75) is 77.0 Å². The van der Waals surface area contributed by atoms with E-state index < -0.39 is 6.04 Å². The van der Waals surface area contributed by atoms with Gasteiger partial charge in [-0.05, 0) is 131 Å². The molecule has 4 aromatic carbocycles. The molecule has 2 atom stereocenters. The predicted octanol–water partition coefficient (Wildman–Crippen LogP) is 8.26. The van der Waals surface area contributed by atoms with E-state index >= 15 is 0 Å². The number of aromatic nitrogens is 4. The van der Waals surface area contributed by atoms with Crippen LogP contribution in [0, 0.1) is 0 Å². The SMILES string of the molecule is C=CCC(C)N(C(=O)CCc1ccc(OCCCCN(C)CCOCCOCCc2cn(CCOCCOc3ccc(NC=O)cc3)nn2)cc1)C(C(=O)NCc1ccc(OC)cc1)c1ccc(Cl)cc1.CNc1nc(CC(=O)N2CCN(C)CC2)cs1. The third-order valence-corrected chi connectivity index (χ3v) is 15.6. The maximum absolute atomic E-state index is 14.1. The fourth-order valence-electron chi connectivity index (χ4n) is 9.33. The van der Waals surface area contributed by atoms with Gasteiger partial charge in [-0.25, -0.2) is 9.67 Å². The van der Waals surface area contributed by atoms with Gasteiger partial charge in [0.1, 0.15) is 29.9 Å². The van der Waals surface area contributed by atoms with Crippen LogP contribution in [0.5, 0.6) is 17.2 Å². The second-order valence-corrected chi connectivity index (χ2v) is 22.4. The van der Waals surface area contributed by atoms with Crippen molar-refractivity contribution in [3.63, 3.8) is 0 Å².